The molecule has 2 aliphatic heterocycles. The van der Waals surface area contributed by atoms with Crippen LogP contribution in [0.4, 0.5) is 0 Å². The van der Waals surface area contributed by atoms with Crippen LogP contribution in [0.1, 0.15) is 46.1 Å². The van der Waals surface area contributed by atoms with Crippen molar-refractivity contribution in [2.75, 3.05) is 31.9 Å². The Morgan fingerprint density at radius 1 is 1.03 bits per heavy atom. The molecule has 0 saturated carbocycles. The summed E-state index contributed by atoms with van der Waals surface area (Å²) in [4.78, 5) is 29.3. The summed E-state index contributed by atoms with van der Waals surface area (Å²) in [6, 6.07) is 15.2. The zero-order valence-corrected chi connectivity index (χ0v) is 19.1. The number of nitrogens with zero attached hydrogens (tertiary/aromatic N) is 2. The third kappa shape index (κ3) is 5.82. The Bertz CT molecular complexity index is 898. The fourth-order valence-electron chi connectivity index (χ4n) is 4.10. The second-order valence-corrected chi connectivity index (χ2v) is 9.60. The molecule has 2 fully saturated rings. The summed E-state index contributed by atoms with van der Waals surface area (Å²) in [5.74, 6) is 0.554. The number of amides is 2. The number of halogens is 1. The molecule has 2 saturated heterocycles. The number of hydrogen-bond acceptors (Lipinski definition) is 4. The fraction of sp³-hybridized carbons (Fsp3) is 0.417. The van der Waals surface area contributed by atoms with E-state index in [-0.39, 0.29) is 17.2 Å². The van der Waals surface area contributed by atoms with Gasteiger partial charge in [-0.25, -0.2) is 0 Å². The monoisotopic (exact) mass is 457 g/mol. The maximum absolute atomic E-state index is 12.5. The molecule has 164 valence electrons. The first kappa shape index (κ1) is 22.2. The Labute approximate surface area is 193 Å². The lowest BCUT2D eigenvalue weighted by atomic mass is 10.1. The molecule has 5 nitrogen and oxygen atoms in total. The van der Waals surface area contributed by atoms with Crippen LogP contribution in [-0.4, -0.2) is 53.5 Å². The molecule has 4 rings (SSSR count). The lowest BCUT2D eigenvalue weighted by Gasteiger charge is -2.26. The van der Waals surface area contributed by atoms with Crippen molar-refractivity contribution in [2.45, 2.75) is 31.2 Å². The smallest absolute Gasteiger partial charge is 0.251 e. The number of hydrogen-bond donors (Lipinski definition) is 1. The van der Waals surface area contributed by atoms with E-state index in [1.165, 1.54) is 19.3 Å². The maximum Gasteiger partial charge on any atom is 0.251 e. The highest BCUT2D eigenvalue weighted by Crippen LogP contribution is 2.39. The minimum absolute atomic E-state index is 0.0422. The molecule has 0 unspecified atom stereocenters. The van der Waals surface area contributed by atoms with E-state index in [1.54, 1.807) is 11.8 Å². The first-order chi connectivity index (χ1) is 15.1. The zero-order valence-electron chi connectivity index (χ0n) is 17.6. The molecule has 1 N–H and O–H groups in total. The highest BCUT2D eigenvalue weighted by Gasteiger charge is 2.32. The van der Waals surface area contributed by atoms with Crippen LogP contribution < -0.4 is 5.32 Å². The van der Waals surface area contributed by atoms with Crippen LogP contribution >= 0.6 is 23.4 Å². The van der Waals surface area contributed by atoms with Gasteiger partial charge in [0, 0.05) is 30.2 Å². The van der Waals surface area contributed by atoms with Gasteiger partial charge in [0.1, 0.15) is 5.37 Å². The van der Waals surface area contributed by atoms with Crippen LogP contribution in [0.2, 0.25) is 5.02 Å². The second kappa shape index (κ2) is 10.5. The highest BCUT2D eigenvalue weighted by atomic mass is 35.5. The Balaban J connectivity index is 1.34. The zero-order chi connectivity index (χ0) is 21.6. The normalized spacial score (nSPS) is 19.6. The summed E-state index contributed by atoms with van der Waals surface area (Å²) in [7, 11) is 0. The van der Waals surface area contributed by atoms with Crippen molar-refractivity contribution in [1.29, 1.82) is 0 Å². The van der Waals surface area contributed by atoms with E-state index in [0.717, 1.165) is 30.8 Å². The van der Waals surface area contributed by atoms with Gasteiger partial charge in [-0.1, -0.05) is 42.3 Å². The van der Waals surface area contributed by atoms with Gasteiger partial charge in [-0.05, 0) is 61.3 Å². The average Bonchev–Trinajstić information content (AvgIpc) is 3.16. The molecule has 2 aromatic rings. The number of carbonyl (C=O) groups is 2. The van der Waals surface area contributed by atoms with E-state index < -0.39 is 0 Å². The summed E-state index contributed by atoms with van der Waals surface area (Å²) in [6.45, 7) is 4.39. The molecule has 0 radical (unpaired) electrons. The van der Waals surface area contributed by atoms with Crippen molar-refractivity contribution in [3.8, 4) is 0 Å². The van der Waals surface area contributed by atoms with Crippen molar-refractivity contribution in [2.24, 2.45) is 0 Å². The van der Waals surface area contributed by atoms with Crippen LogP contribution in [0.3, 0.4) is 0 Å². The Kier molecular flexibility index (Phi) is 7.54. The molecule has 31 heavy (non-hydrogen) atoms. The van der Waals surface area contributed by atoms with Crippen molar-refractivity contribution >= 4 is 35.2 Å². The molecule has 2 amide bonds. The van der Waals surface area contributed by atoms with Crippen LogP contribution in [0, 0.1) is 0 Å². The third-order valence-corrected chi connectivity index (χ3v) is 7.36. The first-order valence-corrected chi connectivity index (χ1v) is 12.3. The van der Waals surface area contributed by atoms with Gasteiger partial charge in [0.25, 0.3) is 5.91 Å². The number of rotatable bonds is 7. The van der Waals surface area contributed by atoms with Gasteiger partial charge in [-0.3, -0.25) is 9.59 Å². The van der Waals surface area contributed by atoms with E-state index in [9.17, 15) is 9.59 Å². The average molecular weight is 458 g/mol. The van der Waals surface area contributed by atoms with Gasteiger partial charge in [0.2, 0.25) is 5.91 Å². The molecule has 7 heteroatoms. The quantitative estimate of drug-likeness (QED) is 0.672. The van der Waals surface area contributed by atoms with Crippen molar-refractivity contribution in [3.63, 3.8) is 0 Å². The van der Waals surface area contributed by atoms with Crippen molar-refractivity contribution in [1.82, 2.24) is 15.1 Å². The van der Waals surface area contributed by atoms with Crippen LogP contribution in [0.15, 0.2) is 48.5 Å². The van der Waals surface area contributed by atoms with E-state index in [1.807, 2.05) is 53.4 Å². The minimum Gasteiger partial charge on any atom is -0.351 e. The van der Waals surface area contributed by atoms with Crippen LogP contribution in [0.5, 0.6) is 0 Å². The number of thioether (sulfide) groups is 1. The Morgan fingerprint density at radius 3 is 2.45 bits per heavy atom. The number of carbonyl (C=O) groups excluding carboxylic acids is 2. The third-order valence-electron chi connectivity index (χ3n) is 5.85. The van der Waals surface area contributed by atoms with Gasteiger partial charge >= 0.3 is 0 Å². The Hall–Kier alpha value is -2.02. The summed E-state index contributed by atoms with van der Waals surface area (Å²) < 4.78 is 0. The highest BCUT2D eigenvalue weighted by molar-refractivity contribution is 8.00. The largest absolute Gasteiger partial charge is 0.351 e. The van der Waals surface area contributed by atoms with E-state index in [2.05, 4.69) is 10.2 Å². The fourth-order valence-corrected chi connectivity index (χ4v) is 5.41. The summed E-state index contributed by atoms with van der Waals surface area (Å²) in [5, 5.41) is 3.67. The van der Waals surface area contributed by atoms with Crippen LogP contribution in [0.25, 0.3) is 0 Å². The molecule has 2 aliphatic rings. The Morgan fingerprint density at radius 2 is 1.74 bits per heavy atom. The number of nitrogens with one attached hydrogen (secondary N) is 1. The molecule has 0 aliphatic carbocycles. The SMILES string of the molecule is O=C(NCCN1CCCCC1)c1ccc([C@H]2SCC(=O)N2Cc2ccc(Cl)cc2)cc1. The molecule has 2 aromatic carbocycles. The van der Waals surface area contributed by atoms with E-state index in [4.69, 9.17) is 11.6 Å². The van der Waals surface area contributed by atoms with E-state index in [0.29, 0.717) is 29.4 Å². The lowest BCUT2D eigenvalue weighted by Crippen LogP contribution is -2.37. The number of piperidine rings is 1. The lowest BCUT2D eigenvalue weighted by molar-refractivity contribution is -0.128. The molecular formula is C24H28ClN3O2S. The van der Waals surface area contributed by atoms with Gasteiger partial charge in [0.05, 0.1) is 5.75 Å². The standard InChI is InChI=1S/C24H28ClN3O2S/c25-21-10-4-18(5-11-21)16-28-22(29)17-31-24(28)20-8-6-19(7-9-20)23(30)26-12-15-27-13-2-1-3-14-27/h4-11,24H,1-3,12-17H2,(H,26,30)/t24-/m1/s1. The molecule has 2 heterocycles. The first-order valence-electron chi connectivity index (χ1n) is 10.9. The summed E-state index contributed by atoms with van der Waals surface area (Å²) >= 11 is 7.60. The number of likely N-dealkylation sites (tertiary alicyclic amines) is 1. The predicted octanol–water partition coefficient (Wildman–Crippen LogP) is 4.33. The molecule has 1 atom stereocenters. The number of benzene rings is 2. The maximum atomic E-state index is 12.5. The van der Waals surface area contributed by atoms with Gasteiger partial charge in [-0.15, -0.1) is 11.8 Å². The predicted molar refractivity (Wildman–Crippen MR) is 126 cm³/mol. The minimum atomic E-state index is -0.0447. The van der Waals surface area contributed by atoms with Crippen molar-refractivity contribution < 1.29 is 9.59 Å². The molecule has 0 spiro atoms. The van der Waals surface area contributed by atoms with Crippen molar-refractivity contribution in [3.05, 3.63) is 70.2 Å². The van der Waals surface area contributed by atoms with Gasteiger partial charge < -0.3 is 15.1 Å². The molecule has 0 bridgehead atoms. The van der Waals surface area contributed by atoms with Gasteiger partial charge in [0.15, 0.2) is 0 Å². The van der Waals surface area contributed by atoms with Crippen LogP contribution in [-0.2, 0) is 11.3 Å². The summed E-state index contributed by atoms with van der Waals surface area (Å²) in [6.07, 6.45) is 3.83. The topological polar surface area (TPSA) is 52.7 Å². The molecular weight excluding hydrogens is 430 g/mol. The summed E-state index contributed by atoms with van der Waals surface area (Å²) in [5.41, 5.74) is 2.74. The second-order valence-electron chi connectivity index (χ2n) is 8.09. The van der Waals surface area contributed by atoms with E-state index >= 15 is 0 Å². The van der Waals surface area contributed by atoms with Gasteiger partial charge in [-0.2, -0.15) is 0 Å². The molecule has 0 aromatic heterocycles.